The zero-order chi connectivity index (χ0) is 17.0. The second-order valence-electron chi connectivity index (χ2n) is 5.43. The number of halogens is 1. The van der Waals surface area contributed by atoms with Crippen LogP contribution in [0.5, 0.6) is 5.75 Å². The molecule has 126 valence electrons. The van der Waals surface area contributed by atoms with Crippen molar-refractivity contribution in [2.45, 2.75) is 19.4 Å². The first-order valence-corrected chi connectivity index (χ1v) is 7.62. The van der Waals surface area contributed by atoms with Crippen LogP contribution < -0.4 is 4.74 Å². The Morgan fingerprint density at radius 2 is 2.04 bits per heavy atom. The number of carboxylic acid groups (broad SMARTS) is 2. The maximum atomic E-state index is 11.3. The van der Waals surface area contributed by atoms with Crippen molar-refractivity contribution in [3.8, 4) is 5.75 Å². The Morgan fingerprint density at radius 3 is 2.65 bits per heavy atom. The van der Waals surface area contributed by atoms with Crippen LogP contribution in [0.2, 0.25) is 5.02 Å². The number of carbonyl (C=O) groups is 2. The average molecular weight is 343 g/mol. The molecule has 2 amide bonds. The number of aryl methyl sites for hydroxylation is 1. The van der Waals surface area contributed by atoms with Crippen molar-refractivity contribution in [1.29, 1.82) is 0 Å². The molecule has 23 heavy (non-hydrogen) atoms. The first kappa shape index (κ1) is 17.2. The van der Waals surface area contributed by atoms with Crippen molar-refractivity contribution >= 4 is 23.8 Å². The molecule has 0 aromatic heterocycles. The monoisotopic (exact) mass is 342 g/mol. The minimum Gasteiger partial charge on any atom is -0.492 e. The van der Waals surface area contributed by atoms with E-state index in [4.69, 9.17) is 21.4 Å². The largest absolute Gasteiger partial charge is 0.492 e. The fourth-order valence-electron chi connectivity index (χ4n) is 2.56. The highest BCUT2D eigenvalue weighted by atomic mass is 35.5. The van der Waals surface area contributed by atoms with Gasteiger partial charge >= 0.3 is 12.2 Å². The number of hydrogen-bond donors (Lipinski definition) is 2. The van der Waals surface area contributed by atoms with Gasteiger partial charge in [-0.2, -0.15) is 0 Å². The van der Waals surface area contributed by atoms with Crippen LogP contribution in [0.25, 0.3) is 0 Å². The molecule has 1 fully saturated rings. The molecule has 1 aliphatic heterocycles. The van der Waals surface area contributed by atoms with Crippen LogP contribution in [0.15, 0.2) is 18.2 Å². The minimum atomic E-state index is -1.05. The maximum Gasteiger partial charge on any atom is 0.407 e. The van der Waals surface area contributed by atoms with E-state index in [0.29, 0.717) is 17.2 Å². The van der Waals surface area contributed by atoms with Crippen LogP contribution in [0.1, 0.15) is 12.0 Å². The topological polar surface area (TPSA) is 90.3 Å². The standard InChI is InChI=1S/C15H19ClN2O5/c1-10-2-3-13(12(16)8-10)23-7-4-11-9-17(14(19)20)5-6-18(11)15(21)22/h2-3,8,11H,4-7,9H2,1H3,(H,19,20)(H,21,22)/t11-/m1/s1. The number of nitrogens with zero attached hydrogens (tertiary/aromatic N) is 2. The fraction of sp³-hybridized carbons (Fsp3) is 0.467. The highest BCUT2D eigenvalue weighted by Crippen LogP contribution is 2.25. The molecule has 0 aliphatic carbocycles. The van der Waals surface area contributed by atoms with E-state index >= 15 is 0 Å². The first-order chi connectivity index (χ1) is 10.9. The van der Waals surface area contributed by atoms with Crippen molar-refractivity contribution in [3.63, 3.8) is 0 Å². The normalized spacial score (nSPS) is 17.9. The minimum absolute atomic E-state index is 0.145. The fourth-order valence-corrected chi connectivity index (χ4v) is 2.85. The summed E-state index contributed by atoms with van der Waals surface area (Å²) in [4.78, 5) is 24.8. The van der Waals surface area contributed by atoms with E-state index < -0.39 is 18.2 Å². The molecule has 1 aromatic carbocycles. The summed E-state index contributed by atoms with van der Waals surface area (Å²) >= 11 is 6.08. The Labute approximate surface area is 139 Å². The van der Waals surface area contributed by atoms with Crippen molar-refractivity contribution < 1.29 is 24.5 Å². The Morgan fingerprint density at radius 1 is 1.30 bits per heavy atom. The molecule has 1 heterocycles. The lowest BCUT2D eigenvalue weighted by molar-refractivity contribution is 0.0562. The third kappa shape index (κ3) is 4.41. The number of amides is 2. The van der Waals surface area contributed by atoms with Gasteiger partial charge in [0.25, 0.3) is 0 Å². The maximum absolute atomic E-state index is 11.3. The lowest BCUT2D eigenvalue weighted by Gasteiger charge is -2.38. The quantitative estimate of drug-likeness (QED) is 0.878. The number of piperazine rings is 1. The van der Waals surface area contributed by atoms with Crippen LogP contribution in [0, 0.1) is 6.92 Å². The van der Waals surface area contributed by atoms with Crippen LogP contribution in [0.3, 0.4) is 0 Å². The molecule has 1 aliphatic rings. The molecule has 0 spiro atoms. The van der Waals surface area contributed by atoms with Gasteiger partial charge in [-0.1, -0.05) is 17.7 Å². The lowest BCUT2D eigenvalue weighted by Crippen LogP contribution is -2.56. The number of ether oxygens (including phenoxy) is 1. The Balaban J connectivity index is 1.95. The SMILES string of the molecule is Cc1ccc(OCC[C@@H]2CN(C(=O)O)CCN2C(=O)O)c(Cl)c1. The first-order valence-electron chi connectivity index (χ1n) is 7.25. The van der Waals surface area contributed by atoms with E-state index in [9.17, 15) is 14.7 Å². The summed E-state index contributed by atoms with van der Waals surface area (Å²) in [6.45, 7) is 2.67. The zero-order valence-electron chi connectivity index (χ0n) is 12.7. The molecule has 2 N–H and O–H groups in total. The van der Waals surface area contributed by atoms with Gasteiger partial charge in [0.2, 0.25) is 0 Å². The van der Waals surface area contributed by atoms with E-state index in [1.54, 1.807) is 12.1 Å². The molecule has 0 bridgehead atoms. The third-order valence-electron chi connectivity index (χ3n) is 3.79. The molecule has 7 nitrogen and oxygen atoms in total. The van der Waals surface area contributed by atoms with Gasteiger partial charge < -0.3 is 24.7 Å². The third-order valence-corrected chi connectivity index (χ3v) is 4.09. The molecule has 1 saturated heterocycles. The summed E-state index contributed by atoms with van der Waals surface area (Å²) in [5.41, 5.74) is 1.02. The zero-order valence-corrected chi connectivity index (χ0v) is 13.5. The van der Waals surface area contributed by atoms with Gasteiger partial charge in [0.05, 0.1) is 17.7 Å². The predicted octanol–water partition coefficient (Wildman–Crippen LogP) is 2.76. The van der Waals surface area contributed by atoms with Gasteiger partial charge in [0, 0.05) is 26.1 Å². The van der Waals surface area contributed by atoms with E-state index in [1.165, 1.54) is 9.80 Å². The Bertz CT molecular complexity index is 595. The molecule has 8 heteroatoms. The van der Waals surface area contributed by atoms with Crippen molar-refractivity contribution in [3.05, 3.63) is 28.8 Å². The van der Waals surface area contributed by atoms with Crippen molar-refractivity contribution in [2.24, 2.45) is 0 Å². The summed E-state index contributed by atoms with van der Waals surface area (Å²) in [7, 11) is 0. The number of rotatable bonds is 4. The van der Waals surface area contributed by atoms with Gasteiger partial charge in [0.1, 0.15) is 5.75 Å². The van der Waals surface area contributed by atoms with Crippen LogP contribution in [0.4, 0.5) is 9.59 Å². The summed E-state index contributed by atoms with van der Waals surface area (Å²) < 4.78 is 5.60. The van der Waals surface area contributed by atoms with Crippen LogP contribution >= 0.6 is 11.6 Å². The van der Waals surface area contributed by atoms with Crippen molar-refractivity contribution in [2.75, 3.05) is 26.2 Å². The van der Waals surface area contributed by atoms with Gasteiger partial charge in [0.15, 0.2) is 0 Å². The Kier molecular flexibility index (Phi) is 5.54. The molecular weight excluding hydrogens is 324 g/mol. The Hall–Kier alpha value is -2.15. The highest BCUT2D eigenvalue weighted by molar-refractivity contribution is 6.32. The molecule has 0 radical (unpaired) electrons. The van der Waals surface area contributed by atoms with Gasteiger partial charge in [-0.05, 0) is 24.6 Å². The second-order valence-corrected chi connectivity index (χ2v) is 5.84. The molecule has 0 saturated carbocycles. The number of benzene rings is 1. The van der Waals surface area contributed by atoms with E-state index in [2.05, 4.69) is 0 Å². The summed E-state index contributed by atoms with van der Waals surface area (Å²) in [6.07, 6.45) is -1.70. The van der Waals surface area contributed by atoms with Crippen LogP contribution in [-0.2, 0) is 0 Å². The number of hydrogen-bond acceptors (Lipinski definition) is 3. The van der Waals surface area contributed by atoms with E-state index in [0.717, 1.165) is 5.56 Å². The molecule has 1 atom stereocenters. The summed E-state index contributed by atoms with van der Waals surface area (Å²) in [5.74, 6) is 0.532. The predicted molar refractivity (Wildman–Crippen MR) is 84.4 cm³/mol. The molecule has 0 unspecified atom stereocenters. The molecule has 1 aromatic rings. The molecular formula is C15H19ClN2O5. The van der Waals surface area contributed by atoms with Gasteiger partial charge in [-0.15, -0.1) is 0 Å². The summed E-state index contributed by atoms with van der Waals surface area (Å²) in [5, 5.41) is 18.8. The smallest absolute Gasteiger partial charge is 0.407 e. The summed E-state index contributed by atoms with van der Waals surface area (Å²) in [6, 6.07) is 4.99. The molecule has 2 rings (SSSR count). The van der Waals surface area contributed by atoms with Gasteiger partial charge in [-0.3, -0.25) is 0 Å². The van der Waals surface area contributed by atoms with E-state index in [1.807, 2.05) is 13.0 Å². The van der Waals surface area contributed by atoms with Crippen molar-refractivity contribution in [1.82, 2.24) is 9.80 Å². The van der Waals surface area contributed by atoms with Gasteiger partial charge in [-0.25, -0.2) is 9.59 Å². The average Bonchev–Trinajstić information content (AvgIpc) is 2.49. The second kappa shape index (κ2) is 7.41. The highest BCUT2D eigenvalue weighted by Gasteiger charge is 2.32. The van der Waals surface area contributed by atoms with Crippen LogP contribution in [-0.4, -0.2) is 64.5 Å². The lowest BCUT2D eigenvalue weighted by atomic mass is 10.1. The van der Waals surface area contributed by atoms with E-state index in [-0.39, 0.29) is 26.2 Å².